The second-order valence-electron chi connectivity index (χ2n) is 4.56. The molecular weight excluding hydrogens is 212 g/mol. The number of hydrogen-bond donors (Lipinski definition) is 4. The van der Waals surface area contributed by atoms with E-state index in [0.29, 0.717) is 0 Å². The predicted octanol–water partition coefficient (Wildman–Crippen LogP) is -0.688. The van der Waals surface area contributed by atoms with Gasteiger partial charge in [0.1, 0.15) is 0 Å². The van der Waals surface area contributed by atoms with Crippen LogP contribution in [0.4, 0.5) is 0 Å². The average Bonchev–Trinajstić information content (AvgIpc) is 2.10. The summed E-state index contributed by atoms with van der Waals surface area (Å²) in [4.78, 5) is 21.8. The first-order valence-electron chi connectivity index (χ1n) is 5.13. The van der Waals surface area contributed by atoms with E-state index in [2.05, 4.69) is 5.32 Å². The molecule has 2 atom stereocenters. The number of amides is 1. The molecule has 6 nitrogen and oxygen atoms in total. The van der Waals surface area contributed by atoms with E-state index in [9.17, 15) is 14.7 Å². The molecule has 6 heteroatoms. The number of rotatable bonds is 6. The molecule has 0 aliphatic rings. The summed E-state index contributed by atoms with van der Waals surface area (Å²) in [6.07, 6.45) is -0.426. The first-order chi connectivity index (χ1) is 7.15. The smallest absolute Gasteiger partial charge is 0.306 e. The molecule has 0 radical (unpaired) electrons. The number of carbonyl (C=O) groups excluding carboxylic acids is 1. The van der Waals surface area contributed by atoms with Gasteiger partial charge < -0.3 is 21.3 Å². The van der Waals surface area contributed by atoms with Crippen molar-refractivity contribution >= 4 is 11.9 Å². The maximum atomic E-state index is 11.4. The summed E-state index contributed by atoms with van der Waals surface area (Å²) in [6, 6.07) is -0.652. The van der Waals surface area contributed by atoms with Crippen LogP contribution in [0.1, 0.15) is 27.2 Å². The molecule has 0 aromatic carbocycles. The minimum absolute atomic E-state index is 0.00979. The van der Waals surface area contributed by atoms with Crippen molar-refractivity contribution in [2.45, 2.75) is 38.8 Å². The van der Waals surface area contributed by atoms with E-state index in [1.54, 1.807) is 13.8 Å². The fraction of sp³-hybridized carbons (Fsp3) is 0.800. The van der Waals surface area contributed by atoms with E-state index in [0.717, 1.165) is 0 Å². The van der Waals surface area contributed by atoms with Gasteiger partial charge in [0.25, 0.3) is 0 Å². The van der Waals surface area contributed by atoms with Crippen molar-refractivity contribution in [3.8, 4) is 0 Å². The zero-order chi connectivity index (χ0) is 12.9. The minimum atomic E-state index is -1.46. The topological polar surface area (TPSA) is 113 Å². The van der Waals surface area contributed by atoms with Gasteiger partial charge in [-0.3, -0.25) is 9.59 Å². The lowest BCUT2D eigenvalue weighted by Crippen LogP contribution is -2.49. The van der Waals surface area contributed by atoms with Crippen molar-refractivity contribution in [2.24, 2.45) is 11.7 Å². The van der Waals surface area contributed by atoms with Crippen molar-refractivity contribution in [1.29, 1.82) is 0 Å². The fourth-order valence-corrected chi connectivity index (χ4v) is 1.09. The summed E-state index contributed by atoms with van der Waals surface area (Å²) in [5.74, 6) is -1.52. The van der Waals surface area contributed by atoms with Gasteiger partial charge in [0, 0.05) is 6.54 Å². The van der Waals surface area contributed by atoms with Crippen LogP contribution in [0.25, 0.3) is 0 Å². The molecule has 5 N–H and O–H groups in total. The Morgan fingerprint density at radius 2 is 1.94 bits per heavy atom. The highest BCUT2D eigenvalue weighted by Gasteiger charge is 2.26. The largest absolute Gasteiger partial charge is 0.481 e. The zero-order valence-electron chi connectivity index (χ0n) is 9.86. The Morgan fingerprint density at radius 3 is 2.31 bits per heavy atom. The number of aliphatic carboxylic acids is 1. The van der Waals surface area contributed by atoms with Crippen molar-refractivity contribution in [2.75, 3.05) is 6.54 Å². The number of carboxylic acid groups (broad SMARTS) is 1. The molecular formula is C10H20N2O4. The Balaban J connectivity index is 4.14. The highest BCUT2D eigenvalue weighted by Crippen LogP contribution is 2.07. The van der Waals surface area contributed by atoms with Crippen LogP contribution in [0, 0.1) is 5.92 Å². The number of nitrogens with two attached hydrogens (primary N) is 1. The molecule has 0 heterocycles. The second kappa shape index (κ2) is 5.81. The van der Waals surface area contributed by atoms with Crippen LogP contribution in [0.2, 0.25) is 0 Å². The van der Waals surface area contributed by atoms with E-state index in [1.807, 2.05) is 0 Å². The molecule has 94 valence electrons. The Bertz CT molecular complexity index is 264. The predicted molar refractivity (Wildman–Crippen MR) is 58.7 cm³/mol. The average molecular weight is 232 g/mol. The molecule has 0 saturated heterocycles. The molecule has 0 rings (SSSR count). The summed E-state index contributed by atoms with van der Waals surface area (Å²) in [6.45, 7) is 4.83. The first kappa shape index (κ1) is 14.9. The van der Waals surface area contributed by atoms with Crippen LogP contribution >= 0.6 is 0 Å². The van der Waals surface area contributed by atoms with Gasteiger partial charge >= 0.3 is 5.97 Å². The third-order valence-corrected chi connectivity index (χ3v) is 2.20. The standard InChI is InChI=1S/C10H20N2O4/c1-6(2)8(11)9(15)12-5-10(3,16)4-7(13)14/h6,8,16H,4-5,11H2,1-3H3,(H,12,15)(H,13,14). The summed E-state index contributed by atoms with van der Waals surface area (Å²) in [5, 5.41) is 20.6. The van der Waals surface area contributed by atoms with E-state index in [-0.39, 0.29) is 18.4 Å². The Hall–Kier alpha value is -1.14. The molecule has 0 bridgehead atoms. The summed E-state index contributed by atoms with van der Waals surface area (Å²) < 4.78 is 0. The van der Waals surface area contributed by atoms with Crippen molar-refractivity contribution in [3.63, 3.8) is 0 Å². The molecule has 0 fully saturated rings. The first-order valence-corrected chi connectivity index (χ1v) is 5.13. The van der Waals surface area contributed by atoms with Gasteiger partial charge in [-0.15, -0.1) is 0 Å². The van der Waals surface area contributed by atoms with Gasteiger partial charge in [0.05, 0.1) is 18.1 Å². The summed E-state index contributed by atoms with van der Waals surface area (Å²) in [5.41, 5.74) is 4.12. The van der Waals surface area contributed by atoms with Gasteiger partial charge in [0.15, 0.2) is 0 Å². The van der Waals surface area contributed by atoms with Crippen LogP contribution < -0.4 is 11.1 Å². The van der Waals surface area contributed by atoms with Crippen molar-refractivity contribution in [3.05, 3.63) is 0 Å². The monoisotopic (exact) mass is 232 g/mol. The van der Waals surface area contributed by atoms with Crippen LogP contribution in [0.5, 0.6) is 0 Å². The molecule has 0 aromatic rings. The normalized spacial score (nSPS) is 16.6. The molecule has 0 spiro atoms. The highest BCUT2D eigenvalue weighted by molar-refractivity contribution is 5.81. The summed E-state index contributed by atoms with van der Waals surface area (Å²) in [7, 11) is 0. The van der Waals surface area contributed by atoms with E-state index < -0.39 is 24.0 Å². The molecule has 0 aliphatic heterocycles. The lowest BCUT2D eigenvalue weighted by molar-refractivity contribution is -0.142. The fourth-order valence-electron chi connectivity index (χ4n) is 1.09. The molecule has 16 heavy (non-hydrogen) atoms. The van der Waals surface area contributed by atoms with Crippen molar-refractivity contribution < 1.29 is 19.8 Å². The molecule has 2 unspecified atom stereocenters. The van der Waals surface area contributed by atoms with E-state index in [4.69, 9.17) is 10.8 Å². The maximum Gasteiger partial charge on any atom is 0.306 e. The van der Waals surface area contributed by atoms with Gasteiger partial charge in [0.2, 0.25) is 5.91 Å². The van der Waals surface area contributed by atoms with Crippen molar-refractivity contribution in [1.82, 2.24) is 5.32 Å². The van der Waals surface area contributed by atoms with Gasteiger partial charge in [-0.05, 0) is 12.8 Å². The quantitative estimate of drug-likeness (QED) is 0.484. The number of carbonyl (C=O) groups is 2. The second-order valence-corrected chi connectivity index (χ2v) is 4.56. The summed E-state index contributed by atoms with van der Waals surface area (Å²) >= 11 is 0. The van der Waals surface area contributed by atoms with Gasteiger partial charge in [-0.2, -0.15) is 0 Å². The maximum absolute atomic E-state index is 11.4. The van der Waals surface area contributed by atoms with Crippen LogP contribution in [-0.2, 0) is 9.59 Å². The lowest BCUT2D eigenvalue weighted by atomic mass is 10.0. The highest BCUT2D eigenvalue weighted by atomic mass is 16.4. The van der Waals surface area contributed by atoms with Gasteiger partial charge in [-0.1, -0.05) is 13.8 Å². The van der Waals surface area contributed by atoms with Crippen LogP contribution in [-0.4, -0.2) is 40.3 Å². The molecule has 0 aromatic heterocycles. The Kier molecular flexibility index (Phi) is 5.40. The number of nitrogens with one attached hydrogen (secondary N) is 1. The molecule has 0 saturated carbocycles. The molecule has 0 aliphatic carbocycles. The SMILES string of the molecule is CC(C)C(N)C(=O)NCC(C)(O)CC(=O)O. The van der Waals surface area contributed by atoms with Crippen LogP contribution in [0.3, 0.4) is 0 Å². The number of carboxylic acids is 1. The van der Waals surface area contributed by atoms with Gasteiger partial charge in [-0.25, -0.2) is 0 Å². The Labute approximate surface area is 94.8 Å². The third-order valence-electron chi connectivity index (χ3n) is 2.20. The van der Waals surface area contributed by atoms with E-state index in [1.165, 1.54) is 6.92 Å². The third kappa shape index (κ3) is 5.67. The number of aliphatic hydroxyl groups is 1. The molecule has 1 amide bonds. The van der Waals surface area contributed by atoms with E-state index >= 15 is 0 Å². The van der Waals surface area contributed by atoms with Crippen LogP contribution in [0.15, 0.2) is 0 Å². The Morgan fingerprint density at radius 1 is 1.44 bits per heavy atom. The zero-order valence-corrected chi connectivity index (χ0v) is 9.86. The lowest BCUT2D eigenvalue weighted by Gasteiger charge is -2.23. The number of hydrogen-bond acceptors (Lipinski definition) is 4. The minimum Gasteiger partial charge on any atom is -0.481 e.